The van der Waals surface area contributed by atoms with Gasteiger partial charge in [-0.25, -0.2) is 4.79 Å². The molecule has 0 radical (unpaired) electrons. The van der Waals surface area contributed by atoms with Crippen molar-refractivity contribution < 1.29 is 9.53 Å². The summed E-state index contributed by atoms with van der Waals surface area (Å²) < 4.78 is 6.55. The van der Waals surface area contributed by atoms with Gasteiger partial charge in [-0.3, -0.25) is 4.79 Å². The summed E-state index contributed by atoms with van der Waals surface area (Å²) >= 11 is 0. The molecule has 2 aromatic carbocycles. The summed E-state index contributed by atoms with van der Waals surface area (Å²) in [6, 6.07) is 16.9. The summed E-state index contributed by atoms with van der Waals surface area (Å²) in [6.45, 7) is 2.01. The van der Waals surface area contributed by atoms with Crippen molar-refractivity contribution in [2.24, 2.45) is 7.05 Å². The summed E-state index contributed by atoms with van der Waals surface area (Å²) in [7, 11) is 1.60. The lowest BCUT2D eigenvalue weighted by atomic mass is 9.97. The van der Waals surface area contributed by atoms with Crippen LogP contribution in [0.3, 0.4) is 0 Å². The van der Waals surface area contributed by atoms with Crippen LogP contribution in [0, 0.1) is 0 Å². The van der Waals surface area contributed by atoms with Crippen molar-refractivity contribution in [3.8, 4) is 11.1 Å². The lowest BCUT2D eigenvalue weighted by Crippen LogP contribution is -2.25. The fourth-order valence-electron chi connectivity index (χ4n) is 2.80. The van der Waals surface area contributed by atoms with E-state index in [-0.39, 0.29) is 17.9 Å². The van der Waals surface area contributed by atoms with E-state index < -0.39 is 5.97 Å². The van der Waals surface area contributed by atoms with Gasteiger partial charge in [0.1, 0.15) is 5.69 Å². The van der Waals surface area contributed by atoms with E-state index in [9.17, 15) is 9.59 Å². The smallest absolute Gasteiger partial charge is 0.355 e. The maximum Gasteiger partial charge on any atom is 0.355 e. The minimum atomic E-state index is -0.489. The number of hydrogen-bond acceptors (Lipinski definition) is 3. The van der Waals surface area contributed by atoms with E-state index in [1.54, 1.807) is 20.0 Å². The Morgan fingerprint density at radius 3 is 2.26 bits per heavy atom. The molecule has 0 unspecified atom stereocenters. The highest BCUT2D eigenvalue weighted by Crippen LogP contribution is 2.30. The molecule has 0 atom stereocenters. The van der Waals surface area contributed by atoms with Gasteiger partial charge in [-0.15, -0.1) is 0 Å². The number of hydrogen-bond donors (Lipinski definition) is 0. The van der Waals surface area contributed by atoms with Crippen LogP contribution >= 0.6 is 0 Å². The Bertz CT molecular complexity index is 926. The monoisotopic (exact) mass is 307 g/mol. The lowest BCUT2D eigenvalue weighted by Gasteiger charge is -2.16. The number of ether oxygens (including phenoxy) is 1. The number of esters is 1. The topological polar surface area (TPSA) is 48.3 Å². The van der Waals surface area contributed by atoms with Gasteiger partial charge < -0.3 is 9.30 Å². The van der Waals surface area contributed by atoms with Gasteiger partial charge in [0.2, 0.25) is 0 Å². The van der Waals surface area contributed by atoms with Crippen LogP contribution in [0.5, 0.6) is 0 Å². The Labute approximate surface area is 133 Å². The molecule has 0 saturated carbocycles. The zero-order chi connectivity index (χ0) is 16.4. The molecule has 4 nitrogen and oxygen atoms in total. The second kappa shape index (κ2) is 6.08. The molecule has 1 aromatic heterocycles. The fraction of sp³-hybridized carbons (Fsp3) is 0.158. The first kappa shape index (κ1) is 15.0. The van der Waals surface area contributed by atoms with Gasteiger partial charge in [-0.05, 0) is 23.9 Å². The van der Waals surface area contributed by atoms with E-state index in [4.69, 9.17) is 4.74 Å². The Balaban J connectivity index is 2.47. The molecule has 3 rings (SSSR count). The average molecular weight is 307 g/mol. The van der Waals surface area contributed by atoms with Gasteiger partial charge in [0.15, 0.2) is 0 Å². The predicted octanol–water partition coefficient (Wildman–Crippen LogP) is 3.38. The van der Waals surface area contributed by atoms with Crippen molar-refractivity contribution in [1.82, 2.24) is 4.57 Å². The number of benzene rings is 2. The van der Waals surface area contributed by atoms with Crippen LogP contribution in [0.1, 0.15) is 17.4 Å². The number of fused-ring (bicyclic) bond motifs is 1. The highest BCUT2D eigenvalue weighted by atomic mass is 16.5. The minimum Gasteiger partial charge on any atom is -0.461 e. The maximum atomic E-state index is 12.6. The van der Waals surface area contributed by atoms with Crippen molar-refractivity contribution in [3.05, 3.63) is 70.6 Å². The SMILES string of the molecule is CCOC(=O)c1c(-c2ccccc2)c2ccccc2c(=O)n1C. The van der Waals surface area contributed by atoms with Crippen LogP contribution in [-0.2, 0) is 11.8 Å². The van der Waals surface area contributed by atoms with Crippen LogP contribution in [0.4, 0.5) is 0 Å². The summed E-state index contributed by atoms with van der Waals surface area (Å²) in [5.74, 6) is -0.489. The van der Waals surface area contributed by atoms with Gasteiger partial charge in [0.05, 0.1) is 6.61 Å². The van der Waals surface area contributed by atoms with Gasteiger partial charge >= 0.3 is 5.97 Å². The molecule has 4 heteroatoms. The third kappa shape index (κ3) is 2.52. The van der Waals surface area contributed by atoms with E-state index in [1.165, 1.54) is 4.57 Å². The largest absolute Gasteiger partial charge is 0.461 e. The Morgan fingerprint density at radius 2 is 1.61 bits per heavy atom. The Hall–Kier alpha value is -2.88. The van der Waals surface area contributed by atoms with E-state index in [0.29, 0.717) is 5.39 Å². The van der Waals surface area contributed by atoms with E-state index in [0.717, 1.165) is 16.5 Å². The molecule has 116 valence electrons. The third-order valence-electron chi connectivity index (χ3n) is 3.83. The molecule has 0 bridgehead atoms. The molecular weight excluding hydrogens is 290 g/mol. The van der Waals surface area contributed by atoms with Crippen LogP contribution in [-0.4, -0.2) is 17.1 Å². The molecule has 0 amide bonds. The third-order valence-corrected chi connectivity index (χ3v) is 3.83. The number of nitrogens with zero attached hydrogens (tertiary/aromatic N) is 1. The summed E-state index contributed by atoms with van der Waals surface area (Å²) in [5, 5.41) is 1.34. The fourth-order valence-corrected chi connectivity index (χ4v) is 2.80. The summed E-state index contributed by atoms with van der Waals surface area (Å²) in [5.41, 5.74) is 1.68. The van der Waals surface area contributed by atoms with Crippen LogP contribution in [0.15, 0.2) is 59.4 Å². The van der Waals surface area contributed by atoms with Crippen molar-refractivity contribution in [2.45, 2.75) is 6.92 Å². The number of carbonyl (C=O) groups excluding carboxylic acids is 1. The number of rotatable bonds is 3. The molecule has 0 aliphatic carbocycles. The molecule has 23 heavy (non-hydrogen) atoms. The van der Waals surface area contributed by atoms with Crippen molar-refractivity contribution >= 4 is 16.7 Å². The van der Waals surface area contributed by atoms with E-state index >= 15 is 0 Å². The van der Waals surface area contributed by atoms with Gasteiger partial charge in [0, 0.05) is 18.0 Å². The second-order valence-corrected chi connectivity index (χ2v) is 5.22. The van der Waals surface area contributed by atoms with E-state index in [2.05, 4.69) is 0 Å². The quantitative estimate of drug-likeness (QED) is 0.697. The highest BCUT2D eigenvalue weighted by molar-refractivity contribution is 6.06. The molecule has 3 aromatic rings. The number of pyridine rings is 1. The Kier molecular flexibility index (Phi) is 3.98. The summed E-state index contributed by atoms with van der Waals surface area (Å²) in [4.78, 5) is 25.1. The zero-order valence-electron chi connectivity index (χ0n) is 13.1. The predicted molar refractivity (Wildman–Crippen MR) is 90.6 cm³/mol. The molecule has 0 fully saturated rings. The number of aromatic nitrogens is 1. The molecule has 1 heterocycles. The molecule has 0 saturated heterocycles. The minimum absolute atomic E-state index is 0.205. The van der Waals surface area contributed by atoms with Crippen molar-refractivity contribution in [2.75, 3.05) is 6.61 Å². The van der Waals surface area contributed by atoms with Gasteiger partial charge in [0.25, 0.3) is 5.56 Å². The first-order valence-corrected chi connectivity index (χ1v) is 7.49. The standard InChI is InChI=1S/C19H17NO3/c1-3-23-19(22)17-16(13-9-5-4-6-10-13)14-11-7-8-12-15(14)18(21)20(17)2/h4-12H,3H2,1-2H3. The van der Waals surface area contributed by atoms with Crippen molar-refractivity contribution in [3.63, 3.8) is 0 Å². The van der Waals surface area contributed by atoms with Gasteiger partial charge in [-0.1, -0.05) is 48.5 Å². The van der Waals surface area contributed by atoms with E-state index in [1.807, 2.05) is 48.5 Å². The highest BCUT2D eigenvalue weighted by Gasteiger charge is 2.22. The maximum absolute atomic E-state index is 12.6. The molecular formula is C19H17NO3. The molecule has 0 aliphatic heterocycles. The molecule has 0 spiro atoms. The van der Waals surface area contributed by atoms with Gasteiger partial charge in [-0.2, -0.15) is 0 Å². The van der Waals surface area contributed by atoms with Crippen LogP contribution in [0.25, 0.3) is 21.9 Å². The Morgan fingerprint density at radius 1 is 1.00 bits per heavy atom. The first-order chi connectivity index (χ1) is 11.1. The van der Waals surface area contributed by atoms with Crippen LogP contribution < -0.4 is 5.56 Å². The second-order valence-electron chi connectivity index (χ2n) is 5.22. The summed E-state index contributed by atoms with van der Waals surface area (Å²) in [6.07, 6.45) is 0. The molecule has 0 aliphatic rings. The normalized spacial score (nSPS) is 10.7. The average Bonchev–Trinajstić information content (AvgIpc) is 2.58. The lowest BCUT2D eigenvalue weighted by molar-refractivity contribution is 0.0515. The van der Waals surface area contributed by atoms with Crippen LogP contribution in [0.2, 0.25) is 0 Å². The molecule has 0 N–H and O–H groups in total. The number of carbonyl (C=O) groups is 1. The first-order valence-electron chi connectivity index (χ1n) is 7.49. The zero-order valence-corrected chi connectivity index (χ0v) is 13.1. The van der Waals surface area contributed by atoms with Crippen molar-refractivity contribution in [1.29, 1.82) is 0 Å².